The van der Waals surface area contributed by atoms with Gasteiger partial charge in [-0.25, -0.2) is 0 Å². The fourth-order valence-corrected chi connectivity index (χ4v) is 5.28. The topological polar surface area (TPSA) is 23.9 Å². The van der Waals surface area contributed by atoms with Crippen LogP contribution in [-0.2, 0) is 0 Å². The minimum Gasteiger partial charge on any atom is -0.306 e. The standard InChI is InChI=1S/C36H27N/c1-24(16-17-25(2)37)28-20-18-26-19-21-29(23-30(26)22-28)36-33-14-8-6-12-31(33)35(27-10-4-3-5-11-27)32-13-7-9-15-34(32)36/h3-23,37H,1H2,2H3/b17-16-,37-25?. The highest BCUT2D eigenvalue weighted by Crippen LogP contribution is 2.44. The van der Waals surface area contributed by atoms with Gasteiger partial charge in [-0.05, 0) is 90.8 Å². The Morgan fingerprint density at radius 1 is 0.568 bits per heavy atom. The molecule has 1 N–H and O–H groups in total. The molecular formula is C36H27N. The first-order valence-corrected chi connectivity index (χ1v) is 12.6. The second kappa shape index (κ2) is 9.37. The monoisotopic (exact) mass is 473 g/mol. The summed E-state index contributed by atoms with van der Waals surface area (Å²) in [7, 11) is 0. The van der Waals surface area contributed by atoms with Crippen molar-refractivity contribution in [1.82, 2.24) is 0 Å². The molecule has 1 nitrogen and oxygen atoms in total. The smallest absolute Gasteiger partial charge is 0.0283 e. The third-order valence-corrected chi connectivity index (χ3v) is 7.03. The van der Waals surface area contributed by atoms with Gasteiger partial charge in [-0.1, -0.05) is 116 Å². The molecular weight excluding hydrogens is 446 g/mol. The third-order valence-electron chi connectivity index (χ3n) is 7.03. The first kappa shape index (κ1) is 22.7. The van der Waals surface area contributed by atoms with Crippen LogP contribution in [0.1, 0.15) is 12.5 Å². The number of hydrogen-bond acceptors (Lipinski definition) is 1. The first-order valence-electron chi connectivity index (χ1n) is 12.6. The Hall–Kier alpha value is -4.75. The lowest BCUT2D eigenvalue weighted by Gasteiger charge is -2.18. The molecule has 0 bridgehead atoms. The summed E-state index contributed by atoms with van der Waals surface area (Å²) in [5.41, 5.74) is 7.46. The van der Waals surface area contributed by atoms with E-state index in [1.807, 2.05) is 6.08 Å². The van der Waals surface area contributed by atoms with E-state index in [2.05, 4.69) is 122 Å². The van der Waals surface area contributed by atoms with Crippen LogP contribution in [0.3, 0.4) is 0 Å². The van der Waals surface area contributed by atoms with Crippen LogP contribution in [0.5, 0.6) is 0 Å². The lowest BCUT2D eigenvalue weighted by atomic mass is 9.85. The van der Waals surface area contributed by atoms with Crippen molar-refractivity contribution < 1.29 is 0 Å². The van der Waals surface area contributed by atoms with Gasteiger partial charge < -0.3 is 5.41 Å². The summed E-state index contributed by atoms with van der Waals surface area (Å²) in [5, 5.41) is 15.1. The molecule has 0 saturated carbocycles. The van der Waals surface area contributed by atoms with Crippen LogP contribution < -0.4 is 0 Å². The summed E-state index contributed by atoms with van der Waals surface area (Å²) in [6.45, 7) is 5.99. The van der Waals surface area contributed by atoms with Crippen LogP contribution in [0.4, 0.5) is 0 Å². The number of hydrogen-bond donors (Lipinski definition) is 1. The number of nitrogens with one attached hydrogen (secondary N) is 1. The molecule has 0 aliphatic rings. The second-order valence-electron chi connectivity index (χ2n) is 9.53. The molecule has 1 heteroatoms. The molecule has 6 aromatic carbocycles. The quantitative estimate of drug-likeness (QED) is 0.146. The Bertz CT molecular complexity index is 1800. The Morgan fingerprint density at radius 2 is 1.11 bits per heavy atom. The molecule has 6 aromatic rings. The van der Waals surface area contributed by atoms with E-state index in [-0.39, 0.29) is 0 Å². The molecule has 0 radical (unpaired) electrons. The third kappa shape index (κ3) is 4.15. The molecule has 37 heavy (non-hydrogen) atoms. The van der Waals surface area contributed by atoms with E-state index in [1.54, 1.807) is 13.0 Å². The van der Waals surface area contributed by atoms with E-state index in [0.717, 1.165) is 11.1 Å². The van der Waals surface area contributed by atoms with Crippen molar-refractivity contribution in [3.8, 4) is 22.3 Å². The molecule has 0 spiro atoms. The van der Waals surface area contributed by atoms with Crippen LogP contribution in [0.15, 0.2) is 134 Å². The molecule has 0 fully saturated rings. The maximum Gasteiger partial charge on any atom is 0.0283 e. The van der Waals surface area contributed by atoms with Gasteiger partial charge in [0, 0.05) is 5.71 Å². The first-order chi connectivity index (χ1) is 18.1. The van der Waals surface area contributed by atoms with Crippen LogP contribution in [0.25, 0.3) is 60.1 Å². The van der Waals surface area contributed by atoms with E-state index in [9.17, 15) is 0 Å². The van der Waals surface area contributed by atoms with Crippen molar-refractivity contribution >= 4 is 43.6 Å². The molecule has 6 rings (SSSR count). The number of fused-ring (bicyclic) bond motifs is 3. The maximum atomic E-state index is 7.68. The largest absolute Gasteiger partial charge is 0.306 e. The van der Waals surface area contributed by atoms with Gasteiger partial charge in [0.05, 0.1) is 0 Å². The van der Waals surface area contributed by atoms with Crippen molar-refractivity contribution in [2.24, 2.45) is 0 Å². The maximum absolute atomic E-state index is 7.68. The predicted octanol–water partition coefficient (Wildman–Crippen LogP) is 10.1. The average Bonchev–Trinajstić information content (AvgIpc) is 2.94. The summed E-state index contributed by atoms with van der Waals surface area (Å²) in [4.78, 5) is 0. The van der Waals surface area contributed by atoms with Crippen molar-refractivity contribution in [1.29, 1.82) is 5.41 Å². The van der Waals surface area contributed by atoms with E-state index in [4.69, 9.17) is 5.41 Å². The normalized spacial score (nSPS) is 11.5. The van der Waals surface area contributed by atoms with Crippen LogP contribution in [0, 0.1) is 5.41 Å². The zero-order valence-electron chi connectivity index (χ0n) is 20.8. The SMILES string of the molecule is C=C(/C=C\C(C)=N)c1ccc2ccc(-c3c4ccccc4c(-c4ccccc4)c4ccccc34)cc2c1. The van der Waals surface area contributed by atoms with Gasteiger partial charge in [0.2, 0.25) is 0 Å². The zero-order valence-corrected chi connectivity index (χ0v) is 20.8. The molecule has 0 aliphatic carbocycles. The predicted molar refractivity (Wildman–Crippen MR) is 161 cm³/mol. The Morgan fingerprint density at radius 3 is 1.70 bits per heavy atom. The van der Waals surface area contributed by atoms with Gasteiger partial charge in [0.1, 0.15) is 0 Å². The highest BCUT2D eigenvalue weighted by Gasteiger charge is 2.16. The van der Waals surface area contributed by atoms with E-state index < -0.39 is 0 Å². The zero-order chi connectivity index (χ0) is 25.4. The summed E-state index contributed by atoms with van der Waals surface area (Å²) >= 11 is 0. The molecule has 176 valence electrons. The fourth-order valence-electron chi connectivity index (χ4n) is 5.28. The number of allylic oxidation sites excluding steroid dienone is 3. The van der Waals surface area contributed by atoms with E-state index in [1.165, 1.54) is 54.6 Å². The van der Waals surface area contributed by atoms with Crippen LogP contribution in [-0.4, -0.2) is 5.71 Å². The van der Waals surface area contributed by atoms with Crippen molar-refractivity contribution in [3.05, 3.63) is 140 Å². The molecule has 0 atom stereocenters. The highest BCUT2D eigenvalue weighted by molar-refractivity contribution is 6.21. The van der Waals surface area contributed by atoms with Crippen LogP contribution >= 0.6 is 0 Å². The molecule has 0 aromatic heterocycles. The number of benzene rings is 6. The van der Waals surface area contributed by atoms with Crippen LogP contribution in [0.2, 0.25) is 0 Å². The summed E-state index contributed by atoms with van der Waals surface area (Å²) in [5.74, 6) is 0. The van der Waals surface area contributed by atoms with Gasteiger partial charge in [-0.15, -0.1) is 0 Å². The fraction of sp³-hybridized carbons (Fsp3) is 0.0278. The average molecular weight is 474 g/mol. The highest BCUT2D eigenvalue weighted by atomic mass is 14.4. The summed E-state index contributed by atoms with van der Waals surface area (Å²) in [6.07, 6.45) is 3.70. The van der Waals surface area contributed by atoms with Crippen molar-refractivity contribution in [2.45, 2.75) is 6.92 Å². The van der Waals surface area contributed by atoms with Gasteiger partial charge >= 0.3 is 0 Å². The minimum atomic E-state index is 0.516. The Kier molecular flexibility index (Phi) is 5.75. The Balaban J connectivity index is 1.61. The van der Waals surface area contributed by atoms with Gasteiger partial charge in [-0.3, -0.25) is 0 Å². The molecule has 0 amide bonds. The van der Waals surface area contributed by atoms with Crippen molar-refractivity contribution in [3.63, 3.8) is 0 Å². The minimum absolute atomic E-state index is 0.516. The Labute approximate surface area is 217 Å². The molecule has 0 heterocycles. The lowest BCUT2D eigenvalue weighted by molar-refractivity contribution is 1.50. The summed E-state index contributed by atoms with van der Waals surface area (Å²) < 4.78 is 0. The van der Waals surface area contributed by atoms with E-state index >= 15 is 0 Å². The molecule has 0 unspecified atom stereocenters. The second-order valence-corrected chi connectivity index (χ2v) is 9.53. The molecule has 0 aliphatic heterocycles. The van der Waals surface area contributed by atoms with Gasteiger partial charge in [0.15, 0.2) is 0 Å². The van der Waals surface area contributed by atoms with Gasteiger partial charge in [0.25, 0.3) is 0 Å². The van der Waals surface area contributed by atoms with Gasteiger partial charge in [-0.2, -0.15) is 0 Å². The summed E-state index contributed by atoms with van der Waals surface area (Å²) in [6, 6.07) is 41.4. The lowest BCUT2D eigenvalue weighted by Crippen LogP contribution is -1.91. The van der Waals surface area contributed by atoms with Crippen molar-refractivity contribution in [2.75, 3.05) is 0 Å². The van der Waals surface area contributed by atoms with E-state index in [0.29, 0.717) is 5.71 Å². The number of rotatable bonds is 5. The molecule has 0 saturated heterocycles.